The number of ether oxygens (including phenoxy) is 1. The van der Waals surface area contributed by atoms with Gasteiger partial charge in [0.2, 0.25) is 0 Å². The number of hydrogen-bond acceptors (Lipinski definition) is 3. The highest BCUT2D eigenvalue weighted by molar-refractivity contribution is 6.04. The molecule has 150 valence electrons. The molecule has 0 radical (unpaired) electrons. The van der Waals surface area contributed by atoms with Crippen LogP contribution >= 0.6 is 0 Å². The zero-order valence-corrected chi connectivity index (χ0v) is 15.4. The van der Waals surface area contributed by atoms with Gasteiger partial charge in [0.25, 0.3) is 5.56 Å². The second kappa shape index (κ2) is 7.51. The van der Waals surface area contributed by atoms with E-state index in [1.54, 1.807) is 48.5 Å². The van der Waals surface area contributed by atoms with Crippen LogP contribution in [0.2, 0.25) is 0 Å². The summed E-state index contributed by atoms with van der Waals surface area (Å²) in [5, 5.41) is 0.545. The minimum absolute atomic E-state index is 0.00524. The third-order valence-corrected chi connectivity index (χ3v) is 4.55. The molecule has 0 saturated heterocycles. The molecule has 7 heteroatoms. The average molecular weight is 409 g/mol. The van der Waals surface area contributed by atoms with Gasteiger partial charge in [0.1, 0.15) is 5.75 Å². The van der Waals surface area contributed by atoms with Crippen molar-refractivity contribution in [2.45, 2.75) is 6.18 Å². The maximum absolute atomic E-state index is 13.1. The van der Waals surface area contributed by atoms with Crippen molar-refractivity contribution in [1.82, 2.24) is 4.57 Å². The van der Waals surface area contributed by atoms with E-state index >= 15 is 0 Å². The maximum atomic E-state index is 13.1. The predicted molar refractivity (Wildman–Crippen MR) is 106 cm³/mol. The molecule has 0 amide bonds. The molecule has 0 saturated carbocycles. The van der Waals surface area contributed by atoms with Crippen molar-refractivity contribution in [3.05, 3.63) is 107 Å². The van der Waals surface area contributed by atoms with E-state index in [0.717, 1.165) is 16.7 Å². The van der Waals surface area contributed by atoms with Crippen molar-refractivity contribution in [3.8, 4) is 11.4 Å². The quantitative estimate of drug-likeness (QED) is 0.344. The van der Waals surface area contributed by atoms with Gasteiger partial charge in [0, 0.05) is 22.7 Å². The molecule has 3 aromatic carbocycles. The Hall–Kier alpha value is -3.87. The molecule has 0 fully saturated rings. The molecular weight excluding hydrogens is 395 g/mol. The number of esters is 1. The standard InChI is InChI=1S/C23H14F3NO3/c24-23(25,26)15-7-6-8-16(13-15)27-14-20(18-11-4-5-12-19(18)21(27)28)22(29)30-17-9-2-1-3-10-17/h1-14H. The van der Waals surface area contributed by atoms with E-state index in [-0.39, 0.29) is 16.6 Å². The number of nitrogens with zero attached hydrogens (tertiary/aromatic N) is 1. The minimum Gasteiger partial charge on any atom is -0.423 e. The first-order chi connectivity index (χ1) is 14.3. The summed E-state index contributed by atoms with van der Waals surface area (Å²) in [5.74, 6) is -0.415. The molecule has 4 rings (SSSR count). The van der Waals surface area contributed by atoms with Crippen LogP contribution in [0.25, 0.3) is 16.5 Å². The summed E-state index contributed by atoms with van der Waals surface area (Å²) >= 11 is 0. The van der Waals surface area contributed by atoms with Gasteiger partial charge in [-0.15, -0.1) is 0 Å². The zero-order chi connectivity index (χ0) is 21.3. The van der Waals surface area contributed by atoms with Crippen LogP contribution in [0.1, 0.15) is 15.9 Å². The van der Waals surface area contributed by atoms with E-state index in [0.29, 0.717) is 11.1 Å². The summed E-state index contributed by atoms with van der Waals surface area (Å²) < 4.78 is 45.8. The van der Waals surface area contributed by atoms with Crippen LogP contribution in [-0.2, 0) is 6.18 Å². The number of pyridine rings is 1. The molecule has 0 bridgehead atoms. The van der Waals surface area contributed by atoms with Crippen LogP contribution in [0.5, 0.6) is 5.75 Å². The fourth-order valence-corrected chi connectivity index (χ4v) is 3.13. The molecule has 0 unspecified atom stereocenters. The first-order valence-corrected chi connectivity index (χ1v) is 8.94. The van der Waals surface area contributed by atoms with Crippen molar-refractivity contribution >= 4 is 16.7 Å². The summed E-state index contributed by atoms with van der Waals surface area (Å²) in [4.78, 5) is 25.8. The summed E-state index contributed by atoms with van der Waals surface area (Å²) in [5.41, 5.74) is -1.38. The number of aromatic nitrogens is 1. The van der Waals surface area contributed by atoms with Crippen molar-refractivity contribution in [1.29, 1.82) is 0 Å². The number of carbonyl (C=O) groups excluding carboxylic acids is 1. The first-order valence-electron chi connectivity index (χ1n) is 8.94. The van der Waals surface area contributed by atoms with E-state index in [2.05, 4.69) is 0 Å². The molecule has 1 aromatic heterocycles. The van der Waals surface area contributed by atoms with Gasteiger partial charge in [-0.05, 0) is 36.4 Å². The summed E-state index contributed by atoms with van der Waals surface area (Å²) in [6.45, 7) is 0. The Morgan fingerprint density at radius 2 is 1.50 bits per heavy atom. The Kier molecular flexibility index (Phi) is 4.87. The molecule has 4 aromatic rings. The molecule has 30 heavy (non-hydrogen) atoms. The van der Waals surface area contributed by atoms with Gasteiger partial charge >= 0.3 is 12.1 Å². The Morgan fingerprint density at radius 1 is 0.833 bits per heavy atom. The lowest BCUT2D eigenvalue weighted by Crippen LogP contribution is -2.22. The lowest BCUT2D eigenvalue weighted by Gasteiger charge is -2.14. The molecule has 4 nitrogen and oxygen atoms in total. The molecule has 0 atom stereocenters. The zero-order valence-electron chi connectivity index (χ0n) is 15.4. The molecule has 1 heterocycles. The van der Waals surface area contributed by atoms with Crippen molar-refractivity contribution in [2.75, 3.05) is 0 Å². The Bertz CT molecular complexity index is 1290. The van der Waals surface area contributed by atoms with Gasteiger partial charge in [-0.3, -0.25) is 9.36 Å². The Morgan fingerprint density at radius 3 is 2.20 bits per heavy atom. The van der Waals surface area contributed by atoms with E-state index in [9.17, 15) is 22.8 Å². The first kappa shape index (κ1) is 19.4. The number of alkyl halides is 3. The van der Waals surface area contributed by atoms with Gasteiger partial charge in [-0.25, -0.2) is 4.79 Å². The van der Waals surface area contributed by atoms with Crippen LogP contribution in [0.15, 0.2) is 89.9 Å². The SMILES string of the molecule is O=C(Oc1ccccc1)c1cn(-c2cccc(C(F)(F)F)c2)c(=O)c2ccccc12. The molecule has 0 aliphatic heterocycles. The van der Waals surface area contributed by atoms with Gasteiger partial charge in [0.15, 0.2) is 0 Å². The van der Waals surface area contributed by atoms with Crippen LogP contribution in [-0.4, -0.2) is 10.5 Å². The smallest absolute Gasteiger partial charge is 0.416 e. The third kappa shape index (κ3) is 3.69. The molecule has 0 spiro atoms. The number of halogens is 3. The highest BCUT2D eigenvalue weighted by atomic mass is 19.4. The number of rotatable bonds is 3. The predicted octanol–water partition coefficient (Wildman–Crippen LogP) is 5.23. The number of hydrogen-bond donors (Lipinski definition) is 0. The topological polar surface area (TPSA) is 48.3 Å². The molecule has 0 aliphatic rings. The van der Waals surface area contributed by atoms with E-state index in [1.807, 2.05) is 0 Å². The van der Waals surface area contributed by atoms with Crippen molar-refractivity contribution in [2.24, 2.45) is 0 Å². The fraction of sp³-hybridized carbons (Fsp3) is 0.0435. The lowest BCUT2D eigenvalue weighted by molar-refractivity contribution is -0.137. The summed E-state index contributed by atoms with van der Waals surface area (Å²) in [7, 11) is 0. The van der Waals surface area contributed by atoms with Crippen molar-refractivity contribution in [3.63, 3.8) is 0 Å². The maximum Gasteiger partial charge on any atom is 0.416 e. The molecule has 0 aliphatic carbocycles. The van der Waals surface area contributed by atoms with Gasteiger partial charge in [-0.2, -0.15) is 13.2 Å². The van der Waals surface area contributed by atoms with Crippen LogP contribution in [0.3, 0.4) is 0 Å². The van der Waals surface area contributed by atoms with E-state index < -0.39 is 23.3 Å². The lowest BCUT2D eigenvalue weighted by atomic mass is 10.1. The summed E-state index contributed by atoms with van der Waals surface area (Å²) in [6.07, 6.45) is -3.35. The summed E-state index contributed by atoms with van der Waals surface area (Å²) in [6, 6.07) is 19.1. The fourth-order valence-electron chi connectivity index (χ4n) is 3.13. The van der Waals surface area contributed by atoms with Crippen LogP contribution < -0.4 is 10.3 Å². The van der Waals surface area contributed by atoms with E-state index in [4.69, 9.17) is 4.74 Å². The molecule has 0 N–H and O–H groups in total. The van der Waals surface area contributed by atoms with E-state index in [1.165, 1.54) is 24.4 Å². The van der Waals surface area contributed by atoms with Crippen LogP contribution in [0, 0.1) is 0 Å². The highest BCUT2D eigenvalue weighted by Crippen LogP contribution is 2.30. The largest absolute Gasteiger partial charge is 0.423 e. The normalized spacial score (nSPS) is 11.4. The number of para-hydroxylation sites is 1. The molecular formula is C23H14F3NO3. The van der Waals surface area contributed by atoms with Crippen LogP contribution in [0.4, 0.5) is 13.2 Å². The monoisotopic (exact) mass is 409 g/mol. The number of benzene rings is 3. The Labute approximate surface area is 168 Å². The minimum atomic E-state index is -4.56. The number of fused-ring (bicyclic) bond motifs is 1. The average Bonchev–Trinajstić information content (AvgIpc) is 2.74. The number of carbonyl (C=O) groups is 1. The van der Waals surface area contributed by atoms with Gasteiger partial charge < -0.3 is 4.74 Å². The van der Waals surface area contributed by atoms with Crippen molar-refractivity contribution < 1.29 is 22.7 Å². The highest BCUT2D eigenvalue weighted by Gasteiger charge is 2.30. The second-order valence-electron chi connectivity index (χ2n) is 6.51. The second-order valence-corrected chi connectivity index (χ2v) is 6.51. The Balaban J connectivity index is 1.89. The van der Waals surface area contributed by atoms with Gasteiger partial charge in [-0.1, -0.05) is 42.5 Å². The van der Waals surface area contributed by atoms with Gasteiger partial charge in [0.05, 0.1) is 11.1 Å². The third-order valence-electron chi connectivity index (χ3n) is 4.55.